The minimum absolute atomic E-state index is 0.198. The van der Waals surface area contributed by atoms with E-state index in [9.17, 15) is 13.0 Å². The molecule has 6 nitrogen and oxygen atoms in total. The second-order valence-electron chi connectivity index (χ2n) is 7.60. The zero-order valence-electron chi connectivity index (χ0n) is 17.1. The van der Waals surface area contributed by atoms with Gasteiger partial charge in [0.25, 0.3) is 5.52 Å². The van der Waals surface area contributed by atoms with Gasteiger partial charge in [-0.05, 0) is 35.7 Å². The molecule has 4 aromatic rings. The molecule has 3 aromatic carbocycles. The fourth-order valence-corrected chi connectivity index (χ4v) is 5.68. The van der Waals surface area contributed by atoms with Gasteiger partial charge >= 0.3 is 5.89 Å². The van der Waals surface area contributed by atoms with E-state index in [0.717, 1.165) is 31.9 Å². The van der Waals surface area contributed by atoms with Crippen LogP contribution in [0.3, 0.4) is 0 Å². The molecule has 2 heterocycles. The maximum absolute atomic E-state index is 11.2. The van der Waals surface area contributed by atoms with Crippen LogP contribution >= 0.6 is 23.4 Å². The van der Waals surface area contributed by atoms with E-state index >= 15 is 0 Å². The topological polar surface area (TPSA) is 77.5 Å². The molecule has 0 amide bonds. The summed E-state index contributed by atoms with van der Waals surface area (Å²) in [6.07, 6.45) is 2.14. The number of oxazole rings is 1. The van der Waals surface area contributed by atoms with Gasteiger partial charge in [-0.15, -0.1) is 0 Å². The summed E-state index contributed by atoms with van der Waals surface area (Å²) in [5, 5.41) is 3.68. The second-order valence-corrected chi connectivity index (χ2v) is 10.6. The molecule has 0 bridgehead atoms. The van der Waals surface area contributed by atoms with Gasteiger partial charge in [0.2, 0.25) is 5.58 Å². The van der Waals surface area contributed by atoms with Gasteiger partial charge in [0.15, 0.2) is 6.54 Å². The SMILES string of the molecule is CN1/C(=C/c2oc3ccc4ccccc4c3[n+]2CCCS(=O)(=O)[O-])Sc2ccc(Cl)cc21. The van der Waals surface area contributed by atoms with Crippen LogP contribution in [0.2, 0.25) is 5.02 Å². The number of halogens is 1. The first kappa shape index (κ1) is 21.3. The summed E-state index contributed by atoms with van der Waals surface area (Å²) in [5.41, 5.74) is 2.59. The lowest BCUT2D eigenvalue weighted by atomic mass is 10.1. The molecule has 32 heavy (non-hydrogen) atoms. The van der Waals surface area contributed by atoms with E-state index in [0.29, 0.717) is 23.0 Å². The van der Waals surface area contributed by atoms with Crippen molar-refractivity contribution in [1.82, 2.24) is 0 Å². The fraction of sp³-hybridized carbons (Fsp3) is 0.174. The molecule has 9 heteroatoms. The first-order chi connectivity index (χ1) is 15.3. The van der Waals surface area contributed by atoms with Gasteiger partial charge in [-0.3, -0.25) is 0 Å². The third kappa shape index (κ3) is 3.99. The Bertz CT molecular complexity index is 1490. The van der Waals surface area contributed by atoms with Crippen LogP contribution in [0.15, 0.2) is 68.9 Å². The highest BCUT2D eigenvalue weighted by Gasteiger charge is 2.28. The van der Waals surface area contributed by atoms with Crippen LogP contribution in [0, 0.1) is 0 Å². The number of rotatable bonds is 5. The Hall–Kier alpha value is -2.52. The van der Waals surface area contributed by atoms with E-state index in [2.05, 4.69) is 0 Å². The van der Waals surface area contributed by atoms with Crippen molar-refractivity contribution in [3.8, 4) is 0 Å². The normalized spacial score (nSPS) is 15.2. The van der Waals surface area contributed by atoms with Gasteiger partial charge in [0.05, 0.1) is 32.3 Å². The number of thioether (sulfide) groups is 1. The Morgan fingerprint density at radius 3 is 2.81 bits per heavy atom. The molecule has 1 aliphatic rings. The first-order valence-electron chi connectivity index (χ1n) is 10.0. The molecule has 0 fully saturated rings. The highest BCUT2D eigenvalue weighted by atomic mass is 35.5. The minimum Gasteiger partial charge on any atom is -0.748 e. The molecule has 1 aromatic heterocycles. The number of aromatic nitrogens is 1. The zero-order chi connectivity index (χ0) is 22.5. The standard InChI is InChI=1S/C23H19ClN2O4S2/c1-25-18-13-16(24)8-10-20(18)31-22(25)14-21-26(11-4-12-32(27,28)29)23-17-6-3-2-5-15(17)7-9-19(23)30-21/h2-3,5-10,13-14H,4,11-12H2,1H3. The van der Waals surface area contributed by atoms with E-state index in [1.54, 1.807) is 11.8 Å². The molecule has 0 N–H and O–H groups in total. The first-order valence-corrected chi connectivity index (χ1v) is 12.8. The number of hydrogen-bond donors (Lipinski definition) is 0. The predicted molar refractivity (Wildman–Crippen MR) is 127 cm³/mol. The summed E-state index contributed by atoms with van der Waals surface area (Å²) in [4.78, 5) is 3.14. The number of nitrogens with zero attached hydrogens (tertiary/aromatic N) is 2. The Balaban J connectivity index is 1.63. The van der Waals surface area contributed by atoms with Crippen LogP contribution in [0.1, 0.15) is 12.3 Å². The number of anilines is 1. The minimum atomic E-state index is -4.29. The molecule has 0 aliphatic carbocycles. The van der Waals surface area contributed by atoms with Crippen molar-refractivity contribution in [1.29, 1.82) is 0 Å². The monoisotopic (exact) mass is 486 g/mol. The lowest BCUT2D eigenvalue weighted by Crippen LogP contribution is -2.36. The number of hydrogen-bond acceptors (Lipinski definition) is 6. The Morgan fingerprint density at radius 1 is 1.19 bits per heavy atom. The van der Waals surface area contributed by atoms with Crippen molar-refractivity contribution in [2.75, 3.05) is 17.7 Å². The van der Waals surface area contributed by atoms with Gasteiger partial charge in [0, 0.05) is 29.1 Å². The summed E-state index contributed by atoms with van der Waals surface area (Å²) < 4.78 is 41.7. The van der Waals surface area contributed by atoms with Crippen LogP contribution < -0.4 is 9.47 Å². The van der Waals surface area contributed by atoms with Crippen LogP contribution in [-0.2, 0) is 16.7 Å². The van der Waals surface area contributed by atoms with Gasteiger partial charge in [-0.25, -0.2) is 8.42 Å². The average Bonchev–Trinajstić information content (AvgIpc) is 3.25. The number of aryl methyl sites for hydroxylation is 1. The summed E-state index contributed by atoms with van der Waals surface area (Å²) in [7, 11) is -2.33. The third-order valence-corrected chi connectivity index (χ3v) is 7.65. The molecular formula is C23H19ClN2O4S2. The van der Waals surface area contributed by atoms with Gasteiger partial charge in [0.1, 0.15) is 0 Å². The summed E-state index contributed by atoms with van der Waals surface area (Å²) in [5.74, 6) is 0.166. The van der Waals surface area contributed by atoms with Gasteiger partial charge in [-0.1, -0.05) is 47.6 Å². The molecule has 0 saturated heterocycles. The molecular weight excluding hydrogens is 468 g/mol. The van der Waals surface area contributed by atoms with Crippen molar-refractivity contribution in [3.05, 3.63) is 70.5 Å². The van der Waals surface area contributed by atoms with E-state index in [1.165, 1.54) is 0 Å². The Labute approximate surface area is 194 Å². The van der Waals surface area contributed by atoms with Crippen LogP contribution in [0.5, 0.6) is 0 Å². The van der Waals surface area contributed by atoms with E-state index in [1.807, 2.05) is 77.2 Å². The van der Waals surface area contributed by atoms with Crippen molar-refractivity contribution in [2.45, 2.75) is 17.9 Å². The average molecular weight is 487 g/mol. The van der Waals surface area contributed by atoms with Crippen molar-refractivity contribution < 1.29 is 22.0 Å². The molecule has 5 rings (SSSR count). The second kappa shape index (κ2) is 8.12. The lowest BCUT2D eigenvalue weighted by molar-refractivity contribution is -0.677. The molecule has 1 aliphatic heterocycles. The molecule has 0 atom stereocenters. The largest absolute Gasteiger partial charge is 0.748 e. The zero-order valence-corrected chi connectivity index (χ0v) is 19.5. The summed E-state index contributed by atoms with van der Waals surface area (Å²) >= 11 is 7.78. The molecule has 0 unspecified atom stereocenters. The van der Waals surface area contributed by atoms with E-state index < -0.39 is 15.9 Å². The number of fused-ring (bicyclic) bond motifs is 4. The maximum Gasteiger partial charge on any atom is 0.376 e. The van der Waals surface area contributed by atoms with Crippen LogP contribution in [-0.4, -0.2) is 25.8 Å². The third-order valence-electron chi connectivity index (χ3n) is 5.46. The van der Waals surface area contributed by atoms with Crippen molar-refractivity contribution in [3.63, 3.8) is 0 Å². The number of benzene rings is 3. The molecule has 164 valence electrons. The summed E-state index contributed by atoms with van der Waals surface area (Å²) in [6, 6.07) is 17.6. The predicted octanol–water partition coefficient (Wildman–Crippen LogP) is 5.00. The molecule has 0 spiro atoms. The van der Waals surface area contributed by atoms with Crippen molar-refractivity contribution >= 4 is 67.1 Å². The van der Waals surface area contributed by atoms with Crippen LogP contribution in [0.25, 0.3) is 27.9 Å². The molecule has 0 saturated carbocycles. The van der Waals surface area contributed by atoms with Gasteiger partial charge in [-0.2, -0.15) is 4.57 Å². The van der Waals surface area contributed by atoms with E-state index in [4.69, 9.17) is 16.0 Å². The summed E-state index contributed by atoms with van der Waals surface area (Å²) in [6.45, 7) is 0.342. The lowest BCUT2D eigenvalue weighted by Gasteiger charge is -2.12. The fourth-order valence-electron chi connectivity index (χ4n) is 3.97. The van der Waals surface area contributed by atoms with Crippen molar-refractivity contribution in [2.24, 2.45) is 0 Å². The quantitative estimate of drug-likeness (QED) is 0.292. The highest BCUT2D eigenvalue weighted by Crippen LogP contribution is 2.46. The van der Waals surface area contributed by atoms with E-state index in [-0.39, 0.29) is 6.42 Å². The Morgan fingerprint density at radius 2 is 2.00 bits per heavy atom. The highest BCUT2D eigenvalue weighted by molar-refractivity contribution is 8.03. The smallest absolute Gasteiger partial charge is 0.376 e. The molecule has 0 radical (unpaired) electrons. The Kier molecular flexibility index (Phi) is 5.41. The maximum atomic E-state index is 11.2. The van der Waals surface area contributed by atoms with Crippen LogP contribution in [0.4, 0.5) is 5.69 Å². The van der Waals surface area contributed by atoms with Gasteiger partial charge < -0.3 is 13.9 Å².